The molecule has 1 fully saturated rings. The summed E-state index contributed by atoms with van der Waals surface area (Å²) in [4.78, 5) is 14.5. The van der Waals surface area contributed by atoms with Crippen LogP contribution in [0.15, 0.2) is 23.1 Å². The topological polar surface area (TPSA) is 63.4 Å². The lowest BCUT2D eigenvalue weighted by Crippen LogP contribution is -2.37. The van der Waals surface area contributed by atoms with Crippen LogP contribution in [0.2, 0.25) is 5.02 Å². The van der Waals surface area contributed by atoms with Gasteiger partial charge >= 0.3 is 0 Å². The fraction of sp³-hybridized carbons (Fsp3) is 0.462. The number of amides is 1. The van der Waals surface area contributed by atoms with Gasteiger partial charge in [-0.2, -0.15) is 0 Å². The van der Waals surface area contributed by atoms with Gasteiger partial charge in [-0.05, 0) is 38.0 Å². The number of carbonyl (C=O) groups is 1. The van der Waals surface area contributed by atoms with E-state index in [1.54, 1.807) is 30.0 Å². The Bertz CT molecular complexity index is 515. The summed E-state index contributed by atoms with van der Waals surface area (Å²) in [5, 5.41) is -0.0849. The first kappa shape index (κ1) is 14.3. The van der Waals surface area contributed by atoms with Crippen molar-refractivity contribution in [1.29, 1.82) is 0 Å². The van der Waals surface area contributed by atoms with E-state index in [4.69, 9.17) is 17.3 Å². The molecular weight excluding hydrogens is 284 g/mol. The van der Waals surface area contributed by atoms with Crippen molar-refractivity contribution in [3.05, 3.63) is 23.2 Å². The summed E-state index contributed by atoms with van der Waals surface area (Å²) in [7, 11) is -1.45. The molecule has 2 atom stereocenters. The minimum absolute atomic E-state index is 0.0646. The molecule has 1 aromatic carbocycles. The average molecular weight is 301 g/mol. The molecule has 0 bridgehead atoms. The number of hydrogen-bond acceptors (Lipinski definition) is 3. The summed E-state index contributed by atoms with van der Waals surface area (Å²) in [6.07, 6.45) is 2.04. The van der Waals surface area contributed by atoms with Crippen LogP contribution in [-0.2, 0) is 15.6 Å². The Morgan fingerprint density at radius 1 is 1.42 bits per heavy atom. The maximum absolute atomic E-state index is 12.4. The predicted molar refractivity (Wildman–Crippen MR) is 77.5 cm³/mol. The fourth-order valence-electron chi connectivity index (χ4n) is 2.18. The molecule has 1 aromatic rings. The Labute approximate surface area is 120 Å². The normalized spacial score (nSPS) is 18.3. The zero-order chi connectivity index (χ0) is 14.0. The number of anilines is 1. The first-order valence-corrected chi connectivity index (χ1v) is 7.84. The number of likely N-dealkylation sites (tertiary alicyclic amines) is 1. The molecule has 6 heteroatoms. The van der Waals surface area contributed by atoms with Crippen molar-refractivity contribution < 1.29 is 9.00 Å². The van der Waals surface area contributed by atoms with E-state index < -0.39 is 16.0 Å². The van der Waals surface area contributed by atoms with E-state index >= 15 is 0 Å². The van der Waals surface area contributed by atoms with E-state index in [0.29, 0.717) is 15.6 Å². The van der Waals surface area contributed by atoms with E-state index in [1.807, 2.05) is 0 Å². The summed E-state index contributed by atoms with van der Waals surface area (Å²) in [6.45, 7) is 3.21. The van der Waals surface area contributed by atoms with Gasteiger partial charge in [0, 0.05) is 23.8 Å². The van der Waals surface area contributed by atoms with Gasteiger partial charge in [0.25, 0.3) is 0 Å². The van der Waals surface area contributed by atoms with E-state index in [2.05, 4.69) is 0 Å². The smallest absolute Gasteiger partial charge is 0.238 e. The van der Waals surface area contributed by atoms with Crippen molar-refractivity contribution in [2.75, 3.05) is 18.8 Å². The number of rotatable bonds is 3. The minimum Gasteiger partial charge on any atom is -0.398 e. The van der Waals surface area contributed by atoms with Crippen LogP contribution in [0.5, 0.6) is 0 Å². The van der Waals surface area contributed by atoms with Gasteiger partial charge in [-0.15, -0.1) is 0 Å². The van der Waals surface area contributed by atoms with Crippen molar-refractivity contribution in [2.24, 2.45) is 0 Å². The van der Waals surface area contributed by atoms with Crippen LogP contribution < -0.4 is 5.73 Å². The van der Waals surface area contributed by atoms with Crippen LogP contribution in [0.4, 0.5) is 5.69 Å². The SMILES string of the molecule is CC(C(=O)N1CCCC1)S(=O)c1ccc(Cl)cc1N. The molecule has 0 radical (unpaired) electrons. The highest BCUT2D eigenvalue weighted by molar-refractivity contribution is 7.86. The van der Waals surface area contributed by atoms with Crippen LogP contribution in [0.25, 0.3) is 0 Å². The first-order valence-electron chi connectivity index (χ1n) is 6.25. The molecule has 0 saturated carbocycles. The van der Waals surface area contributed by atoms with Crippen molar-refractivity contribution in [3.63, 3.8) is 0 Å². The number of halogens is 1. The molecule has 1 heterocycles. The van der Waals surface area contributed by atoms with Gasteiger partial charge in [0.2, 0.25) is 5.91 Å². The summed E-state index contributed by atoms with van der Waals surface area (Å²) >= 11 is 5.81. The number of benzene rings is 1. The second-order valence-corrected chi connectivity index (χ2v) is 6.83. The van der Waals surface area contributed by atoms with Crippen LogP contribution in [0.3, 0.4) is 0 Å². The molecule has 0 spiro atoms. The van der Waals surface area contributed by atoms with Gasteiger partial charge in [-0.1, -0.05) is 11.6 Å². The quantitative estimate of drug-likeness (QED) is 0.869. The number of hydrogen-bond donors (Lipinski definition) is 1. The van der Waals surface area contributed by atoms with Crippen molar-refractivity contribution in [1.82, 2.24) is 4.90 Å². The highest BCUT2D eigenvalue weighted by Crippen LogP contribution is 2.24. The molecule has 104 valence electrons. The third kappa shape index (κ3) is 3.09. The summed E-state index contributed by atoms with van der Waals surface area (Å²) in [6, 6.07) is 4.82. The number of carbonyl (C=O) groups excluding carboxylic acids is 1. The number of nitrogens with two attached hydrogens (primary N) is 1. The van der Waals surface area contributed by atoms with Crippen LogP contribution >= 0.6 is 11.6 Å². The molecule has 19 heavy (non-hydrogen) atoms. The summed E-state index contributed by atoms with van der Waals surface area (Å²) in [5.41, 5.74) is 6.18. The van der Waals surface area contributed by atoms with E-state index in [1.165, 1.54) is 0 Å². The van der Waals surface area contributed by atoms with E-state index in [-0.39, 0.29) is 5.91 Å². The second-order valence-electron chi connectivity index (χ2n) is 4.65. The Morgan fingerprint density at radius 3 is 2.63 bits per heavy atom. The van der Waals surface area contributed by atoms with Gasteiger partial charge in [0.1, 0.15) is 5.25 Å². The monoisotopic (exact) mass is 300 g/mol. The lowest BCUT2D eigenvalue weighted by atomic mass is 10.3. The molecule has 2 N–H and O–H groups in total. The molecule has 0 aliphatic carbocycles. The molecule has 2 rings (SSSR count). The molecule has 1 saturated heterocycles. The van der Waals surface area contributed by atoms with Crippen molar-refractivity contribution in [3.8, 4) is 0 Å². The maximum atomic E-state index is 12.4. The third-order valence-electron chi connectivity index (χ3n) is 3.28. The second kappa shape index (κ2) is 5.92. The number of nitrogens with zero attached hydrogens (tertiary/aromatic N) is 1. The van der Waals surface area contributed by atoms with Gasteiger partial charge in [0.05, 0.1) is 15.7 Å². The zero-order valence-electron chi connectivity index (χ0n) is 10.8. The molecule has 2 unspecified atom stereocenters. The fourth-order valence-corrected chi connectivity index (χ4v) is 3.57. The zero-order valence-corrected chi connectivity index (χ0v) is 12.3. The van der Waals surface area contributed by atoms with Crippen LogP contribution in [-0.4, -0.2) is 33.4 Å². The molecule has 1 aliphatic heterocycles. The van der Waals surface area contributed by atoms with E-state index in [9.17, 15) is 9.00 Å². The molecule has 1 aliphatic rings. The Balaban J connectivity index is 2.16. The first-order chi connectivity index (χ1) is 9.00. The molecular formula is C13H17ClN2O2S. The highest BCUT2D eigenvalue weighted by Gasteiger charge is 2.28. The lowest BCUT2D eigenvalue weighted by molar-refractivity contribution is -0.129. The van der Waals surface area contributed by atoms with Crippen molar-refractivity contribution in [2.45, 2.75) is 29.9 Å². The lowest BCUT2D eigenvalue weighted by Gasteiger charge is -2.20. The summed E-state index contributed by atoms with van der Waals surface area (Å²) < 4.78 is 12.4. The van der Waals surface area contributed by atoms with Gasteiger partial charge in [-0.25, -0.2) is 0 Å². The minimum atomic E-state index is -1.45. The highest BCUT2D eigenvalue weighted by atomic mass is 35.5. The predicted octanol–water partition coefficient (Wildman–Crippen LogP) is 2.04. The average Bonchev–Trinajstić information content (AvgIpc) is 2.90. The Kier molecular flexibility index (Phi) is 4.47. The largest absolute Gasteiger partial charge is 0.398 e. The Morgan fingerprint density at radius 2 is 2.05 bits per heavy atom. The van der Waals surface area contributed by atoms with Crippen LogP contribution in [0, 0.1) is 0 Å². The van der Waals surface area contributed by atoms with Gasteiger partial charge in [0.15, 0.2) is 0 Å². The van der Waals surface area contributed by atoms with Crippen molar-refractivity contribution >= 4 is 34.0 Å². The summed E-state index contributed by atoms with van der Waals surface area (Å²) in [5.74, 6) is -0.0646. The molecule has 4 nitrogen and oxygen atoms in total. The standard InChI is InChI=1S/C13H17ClN2O2S/c1-9(13(17)16-6-2-3-7-16)19(18)12-5-4-10(14)8-11(12)15/h4-5,8-9H,2-3,6-7,15H2,1H3. The molecule has 1 amide bonds. The van der Waals surface area contributed by atoms with Gasteiger partial charge in [-0.3, -0.25) is 9.00 Å². The third-order valence-corrected chi connectivity index (χ3v) is 5.16. The molecule has 0 aromatic heterocycles. The Hall–Kier alpha value is -1.07. The number of nitrogen functional groups attached to an aromatic ring is 1. The van der Waals surface area contributed by atoms with Gasteiger partial charge < -0.3 is 10.6 Å². The maximum Gasteiger partial charge on any atom is 0.238 e. The van der Waals surface area contributed by atoms with Crippen LogP contribution in [0.1, 0.15) is 19.8 Å². The van der Waals surface area contributed by atoms with E-state index in [0.717, 1.165) is 25.9 Å².